The summed E-state index contributed by atoms with van der Waals surface area (Å²) in [6.45, 7) is 5.24. The fourth-order valence-corrected chi connectivity index (χ4v) is 5.93. The van der Waals surface area contributed by atoms with Crippen molar-refractivity contribution >= 4 is 32.6 Å². The van der Waals surface area contributed by atoms with E-state index in [0.717, 1.165) is 17.4 Å². The Hall–Kier alpha value is -3.24. The highest BCUT2D eigenvalue weighted by Gasteiger charge is 2.29. The number of sulfonamides is 1. The molecule has 2 amide bonds. The van der Waals surface area contributed by atoms with Gasteiger partial charge in [-0.1, -0.05) is 0 Å². The van der Waals surface area contributed by atoms with Crippen molar-refractivity contribution < 1.29 is 22.7 Å². The molecule has 5 rings (SSSR count). The first-order valence-electron chi connectivity index (χ1n) is 11.5. The van der Waals surface area contributed by atoms with Crippen LogP contribution in [-0.2, 0) is 16.6 Å². The summed E-state index contributed by atoms with van der Waals surface area (Å²) >= 11 is 0. The average Bonchev–Trinajstić information content (AvgIpc) is 3.09. The van der Waals surface area contributed by atoms with Crippen LogP contribution in [0.25, 0.3) is 10.9 Å². The first-order chi connectivity index (χ1) is 16.5. The fourth-order valence-electron chi connectivity index (χ4n) is 4.42. The third kappa shape index (κ3) is 4.30. The third-order valence-corrected chi connectivity index (χ3v) is 8.15. The van der Waals surface area contributed by atoms with E-state index in [1.807, 2.05) is 18.3 Å². The predicted molar refractivity (Wildman–Crippen MR) is 129 cm³/mol. The molecule has 2 aliphatic rings. The van der Waals surface area contributed by atoms with Crippen molar-refractivity contribution in [3.05, 3.63) is 48.7 Å². The molecule has 9 nitrogen and oxygen atoms in total. The maximum atomic E-state index is 13.3. The van der Waals surface area contributed by atoms with Gasteiger partial charge in [-0.2, -0.15) is 4.31 Å². The Morgan fingerprint density at radius 2 is 1.79 bits per heavy atom. The molecule has 3 heterocycles. The van der Waals surface area contributed by atoms with Gasteiger partial charge in [0, 0.05) is 61.6 Å². The summed E-state index contributed by atoms with van der Waals surface area (Å²) in [6.07, 6.45) is 2.52. The molecule has 10 heteroatoms. The minimum atomic E-state index is -3.66. The number of carbonyl (C=O) groups is 1. The van der Waals surface area contributed by atoms with E-state index in [4.69, 9.17) is 9.47 Å². The van der Waals surface area contributed by atoms with Gasteiger partial charge in [-0.25, -0.2) is 13.2 Å². The molecule has 2 aromatic carbocycles. The van der Waals surface area contributed by atoms with E-state index in [0.29, 0.717) is 56.5 Å². The number of aryl methyl sites for hydroxylation is 1. The third-order valence-electron chi connectivity index (χ3n) is 6.26. The molecule has 0 spiro atoms. The zero-order chi connectivity index (χ0) is 23.7. The second kappa shape index (κ2) is 9.19. The Morgan fingerprint density at radius 1 is 0.971 bits per heavy atom. The highest BCUT2D eigenvalue weighted by molar-refractivity contribution is 7.89. The highest BCUT2D eigenvalue weighted by Crippen LogP contribution is 2.32. The lowest BCUT2D eigenvalue weighted by molar-refractivity contribution is 0.171. The van der Waals surface area contributed by atoms with Gasteiger partial charge < -0.3 is 24.3 Å². The smallest absolute Gasteiger partial charge is 0.321 e. The summed E-state index contributed by atoms with van der Waals surface area (Å²) in [7, 11) is -3.66. The van der Waals surface area contributed by atoms with Gasteiger partial charge in [-0.05, 0) is 49.7 Å². The lowest BCUT2D eigenvalue weighted by atomic mass is 10.2. The predicted octanol–water partition coefficient (Wildman–Crippen LogP) is 3.36. The van der Waals surface area contributed by atoms with Crippen molar-refractivity contribution in [1.82, 2.24) is 13.8 Å². The minimum absolute atomic E-state index is 0.241. The summed E-state index contributed by atoms with van der Waals surface area (Å²) in [5.41, 5.74) is 1.62. The van der Waals surface area contributed by atoms with E-state index in [2.05, 4.69) is 16.8 Å². The number of hydrogen-bond acceptors (Lipinski definition) is 5. The summed E-state index contributed by atoms with van der Waals surface area (Å²) in [4.78, 5) is 14.8. The van der Waals surface area contributed by atoms with Crippen LogP contribution in [0.3, 0.4) is 0 Å². The van der Waals surface area contributed by atoms with E-state index in [1.54, 1.807) is 35.2 Å². The Bertz CT molecular complexity index is 1320. The summed E-state index contributed by atoms with van der Waals surface area (Å²) < 4.78 is 41.3. The maximum Gasteiger partial charge on any atom is 0.321 e. The number of carbonyl (C=O) groups excluding carboxylic acids is 1. The van der Waals surface area contributed by atoms with Gasteiger partial charge >= 0.3 is 6.03 Å². The van der Waals surface area contributed by atoms with Crippen molar-refractivity contribution in [2.75, 3.05) is 44.7 Å². The Morgan fingerprint density at radius 3 is 2.62 bits per heavy atom. The molecule has 0 aliphatic carbocycles. The van der Waals surface area contributed by atoms with Gasteiger partial charge in [0.2, 0.25) is 10.0 Å². The van der Waals surface area contributed by atoms with Crippen LogP contribution < -0.4 is 14.8 Å². The van der Waals surface area contributed by atoms with Crippen LogP contribution in [0.4, 0.5) is 10.5 Å². The molecule has 3 aromatic rings. The van der Waals surface area contributed by atoms with Crippen LogP contribution >= 0.6 is 0 Å². The largest absolute Gasteiger partial charge is 0.486 e. The van der Waals surface area contributed by atoms with E-state index in [1.165, 1.54) is 4.31 Å². The molecule has 0 saturated carbocycles. The number of nitrogens with one attached hydrogen (secondary N) is 1. The molecular formula is C24H28N4O5S. The van der Waals surface area contributed by atoms with E-state index >= 15 is 0 Å². The van der Waals surface area contributed by atoms with Crippen LogP contribution in [0.2, 0.25) is 0 Å². The molecule has 0 bridgehead atoms. The van der Waals surface area contributed by atoms with E-state index in [-0.39, 0.29) is 17.5 Å². The van der Waals surface area contributed by atoms with Crippen molar-refractivity contribution in [3.63, 3.8) is 0 Å². The standard InChI is InChI=1S/C24H28N4O5S/c1-2-26-11-8-18-16-20(5-6-21(18)26)34(30,31)28-10-3-9-27(12-13-28)24(29)25-19-4-7-22-23(17-19)33-15-14-32-22/h4-8,11,16-17H,2-3,9-10,12-15H2,1H3,(H,25,29). The highest BCUT2D eigenvalue weighted by atomic mass is 32.2. The van der Waals surface area contributed by atoms with E-state index in [9.17, 15) is 13.2 Å². The van der Waals surface area contributed by atoms with Gasteiger partial charge in [0.25, 0.3) is 0 Å². The van der Waals surface area contributed by atoms with Crippen molar-refractivity contribution in [2.45, 2.75) is 24.8 Å². The van der Waals surface area contributed by atoms with Gasteiger partial charge in [0.1, 0.15) is 13.2 Å². The Labute approximate surface area is 198 Å². The number of urea groups is 1. The SMILES string of the molecule is CCn1ccc2cc(S(=O)(=O)N3CCCN(C(=O)Nc4ccc5c(c4)OCCO5)CC3)ccc21. The molecule has 0 unspecified atom stereocenters. The molecule has 2 aliphatic heterocycles. The quantitative estimate of drug-likeness (QED) is 0.613. The number of hydrogen-bond donors (Lipinski definition) is 1. The minimum Gasteiger partial charge on any atom is -0.486 e. The second-order valence-corrected chi connectivity index (χ2v) is 10.3. The number of benzene rings is 2. The summed E-state index contributed by atoms with van der Waals surface area (Å²) in [6, 6.07) is 12.2. The van der Waals surface area contributed by atoms with Gasteiger partial charge in [-0.15, -0.1) is 0 Å². The first-order valence-corrected chi connectivity index (χ1v) is 12.9. The summed E-state index contributed by atoms with van der Waals surface area (Å²) in [5.74, 6) is 1.26. The normalized spacial score (nSPS) is 16.9. The van der Waals surface area contributed by atoms with Gasteiger partial charge in [0.15, 0.2) is 11.5 Å². The van der Waals surface area contributed by atoms with Crippen LogP contribution in [0.1, 0.15) is 13.3 Å². The molecule has 180 valence electrons. The molecule has 1 saturated heterocycles. The number of amides is 2. The average molecular weight is 485 g/mol. The molecule has 1 aromatic heterocycles. The Kier molecular flexibility index (Phi) is 6.09. The molecule has 0 radical (unpaired) electrons. The van der Waals surface area contributed by atoms with Crippen LogP contribution in [0.15, 0.2) is 53.6 Å². The van der Waals surface area contributed by atoms with Crippen LogP contribution in [0.5, 0.6) is 11.5 Å². The van der Waals surface area contributed by atoms with Crippen LogP contribution in [-0.4, -0.2) is 67.6 Å². The molecule has 1 N–H and O–H groups in total. The number of nitrogens with zero attached hydrogens (tertiary/aromatic N) is 3. The fraction of sp³-hybridized carbons (Fsp3) is 0.375. The van der Waals surface area contributed by atoms with Crippen molar-refractivity contribution in [2.24, 2.45) is 0 Å². The van der Waals surface area contributed by atoms with Crippen molar-refractivity contribution in [3.8, 4) is 11.5 Å². The maximum absolute atomic E-state index is 13.3. The summed E-state index contributed by atoms with van der Waals surface area (Å²) in [5, 5.41) is 3.78. The molecule has 1 fully saturated rings. The number of anilines is 1. The zero-order valence-corrected chi connectivity index (χ0v) is 19.9. The number of fused-ring (bicyclic) bond motifs is 2. The number of rotatable bonds is 4. The van der Waals surface area contributed by atoms with E-state index < -0.39 is 10.0 Å². The second-order valence-electron chi connectivity index (χ2n) is 8.36. The lowest BCUT2D eigenvalue weighted by Gasteiger charge is -2.23. The molecule has 34 heavy (non-hydrogen) atoms. The monoisotopic (exact) mass is 484 g/mol. The zero-order valence-electron chi connectivity index (χ0n) is 19.1. The molecule has 0 atom stereocenters. The number of ether oxygens (including phenoxy) is 2. The first kappa shape index (κ1) is 22.5. The van der Waals surface area contributed by atoms with Crippen molar-refractivity contribution in [1.29, 1.82) is 0 Å². The van der Waals surface area contributed by atoms with Gasteiger partial charge in [-0.3, -0.25) is 0 Å². The lowest BCUT2D eigenvalue weighted by Crippen LogP contribution is -2.39. The number of aromatic nitrogens is 1. The topological polar surface area (TPSA) is 93.1 Å². The Balaban J connectivity index is 1.26. The van der Waals surface area contributed by atoms with Crippen LogP contribution in [0, 0.1) is 0 Å². The molecular weight excluding hydrogens is 456 g/mol. The van der Waals surface area contributed by atoms with Gasteiger partial charge in [0.05, 0.1) is 4.90 Å².